The van der Waals surface area contributed by atoms with E-state index in [4.69, 9.17) is 0 Å². The molecule has 0 saturated carbocycles. The number of piperidine rings is 1. The lowest BCUT2D eigenvalue weighted by Crippen LogP contribution is -2.29. The summed E-state index contributed by atoms with van der Waals surface area (Å²) in [5.74, 6) is 0.472. The summed E-state index contributed by atoms with van der Waals surface area (Å²) in [6.45, 7) is 2.67. The fourth-order valence-electron chi connectivity index (χ4n) is 2.87. The molecule has 0 aliphatic carbocycles. The second-order valence-electron chi connectivity index (χ2n) is 5.42. The molecule has 6 nitrogen and oxygen atoms in total. The van der Waals surface area contributed by atoms with Crippen molar-refractivity contribution in [2.24, 2.45) is 0 Å². The SMILES string of the molecule is O=[N+]([O-])c1cccc(Cn2cncc2C2CCCNC2)c1. The maximum Gasteiger partial charge on any atom is 0.269 e. The van der Waals surface area contributed by atoms with Gasteiger partial charge in [0.25, 0.3) is 5.69 Å². The zero-order valence-corrected chi connectivity index (χ0v) is 11.7. The number of nitro groups is 1. The van der Waals surface area contributed by atoms with E-state index in [1.54, 1.807) is 12.1 Å². The quantitative estimate of drug-likeness (QED) is 0.691. The minimum absolute atomic E-state index is 0.133. The van der Waals surface area contributed by atoms with Gasteiger partial charge in [0.1, 0.15) is 0 Å². The molecule has 1 aliphatic heterocycles. The van der Waals surface area contributed by atoms with Crippen LogP contribution in [0.1, 0.15) is 30.0 Å². The summed E-state index contributed by atoms with van der Waals surface area (Å²) in [5.41, 5.74) is 2.26. The Morgan fingerprint density at radius 1 is 1.48 bits per heavy atom. The van der Waals surface area contributed by atoms with E-state index in [2.05, 4.69) is 14.9 Å². The third-order valence-corrected chi connectivity index (χ3v) is 3.93. The van der Waals surface area contributed by atoms with E-state index in [9.17, 15) is 10.1 Å². The number of hydrogen-bond acceptors (Lipinski definition) is 4. The van der Waals surface area contributed by atoms with E-state index in [-0.39, 0.29) is 10.6 Å². The summed E-state index contributed by atoms with van der Waals surface area (Å²) >= 11 is 0. The molecule has 6 heteroatoms. The van der Waals surface area contributed by atoms with Gasteiger partial charge in [-0.05, 0) is 24.9 Å². The summed E-state index contributed by atoms with van der Waals surface area (Å²) in [5, 5.41) is 14.3. The van der Waals surface area contributed by atoms with Crippen molar-refractivity contribution >= 4 is 5.69 Å². The Morgan fingerprint density at radius 2 is 2.38 bits per heavy atom. The van der Waals surface area contributed by atoms with Crippen LogP contribution in [0.2, 0.25) is 0 Å². The molecule has 1 fully saturated rings. The number of aromatic nitrogens is 2. The van der Waals surface area contributed by atoms with Crippen LogP contribution in [-0.4, -0.2) is 27.6 Å². The number of imidazole rings is 1. The van der Waals surface area contributed by atoms with Crippen LogP contribution < -0.4 is 5.32 Å². The number of nitrogens with one attached hydrogen (secondary N) is 1. The molecule has 21 heavy (non-hydrogen) atoms. The fraction of sp³-hybridized carbons (Fsp3) is 0.400. The highest BCUT2D eigenvalue weighted by Crippen LogP contribution is 2.24. The van der Waals surface area contributed by atoms with Gasteiger partial charge < -0.3 is 9.88 Å². The molecule has 0 bridgehead atoms. The highest BCUT2D eigenvalue weighted by atomic mass is 16.6. The van der Waals surface area contributed by atoms with Gasteiger partial charge in [0.15, 0.2) is 0 Å². The summed E-state index contributed by atoms with van der Waals surface area (Å²) in [4.78, 5) is 14.7. The summed E-state index contributed by atoms with van der Waals surface area (Å²) in [6.07, 6.45) is 6.05. The molecular formula is C15H18N4O2. The molecule has 1 aromatic carbocycles. The highest BCUT2D eigenvalue weighted by molar-refractivity contribution is 5.34. The predicted molar refractivity (Wildman–Crippen MR) is 79.3 cm³/mol. The third kappa shape index (κ3) is 3.11. The molecule has 3 rings (SSSR count). The molecule has 0 radical (unpaired) electrons. The highest BCUT2D eigenvalue weighted by Gasteiger charge is 2.19. The third-order valence-electron chi connectivity index (χ3n) is 3.93. The van der Waals surface area contributed by atoms with Gasteiger partial charge >= 0.3 is 0 Å². The first-order chi connectivity index (χ1) is 10.2. The predicted octanol–water partition coefficient (Wildman–Crippen LogP) is 2.31. The molecular weight excluding hydrogens is 268 g/mol. The molecule has 0 amide bonds. The smallest absolute Gasteiger partial charge is 0.269 e. The molecule has 1 aromatic heterocycles. The normalized spacial score (nSPS) is 18.6. The van der Waals surface area contributed by atoms with Gasteiger partial charge in [0, 0.05) is 43.0 Å². The second-order valence-corrected chi connectivity index (χ2v) is 5.42. The maximum atomic E-state index is 10.8. The second kappa shape index (κ2) is 6.05. The number of hydrogen-bond donors (Lipinski definition) is 1. The van der Waals surface area contributed by atoms with Crippen molar-refractivity contribution in [1.29, 1.82) is 0 Å². The van der Waals surface area contributed by atoms with Crippen LogP contribution in [0.3, 0.4) is 0 Å². The largest absolute Gasteiger partial charge is 0.330 e. The van der Waals surface area contributed by atoms with E-state index in [1.165, 1.54) is 18.2 Å². The number of nitrogens with zero attached hydrogens (tertiary/aromatic N) is 3. The number of rotatable bonds is 4. The molecule has 1 saturated heterocycles. The Balaban J connectivity index is 1.80. The lowest BCUT2D eigenvalue weighted by Gasteiger charge is -2.23. The van der Waals surface area contributed by atoms with Crippen molar-refractivity contribution in [3.63, 3.8) is 0 Å². The Hall–Kier alpha value is -2.21. The van der Waals surface area contributed by atoms with E-state index in [1.807, 2.05) is 18.6 Å². The van der Waals surface area contributed by atoms with Crippen molar-refractivity contribution in [2.45, 2.75) is 25.3 Å². The first kappa shape index (κ1) is 13.8. The van der Waals surface area contributed by atoms with Crippen LogP contribution >= 0.6 is 0 Å². The van der Waals surface area contributed by atoms with Crippen molar-refractivity contribution < 1.29 is 4.92 Å². The number of benzene rings is 1. The average Bonchev–Trinajstić information content (AvgIpc) is 2.96. The lowest BCUT2D eigenvalue weighted by atomic mass is 9.96. The zero-order chi connectivity index (χ0) is 14.7. The number of nitro benzene ring substituents is 1. The van der Waals surface area contributed by atoms with Crippen LogP contribution in [0.4, 0.5) is 5.69 Å². The molecule has 2 aromatic rings. The monoisotopic (exact) mass is 286 g/mol. The van der Waals surface area contributed by atoms with Crippen LogP contribution in [-0.2, 0) is 6.54 Å². The van der Waals surface area contributed by atoms with E-state index < -0.39 is 0 Å². The van der Waals surface area contributed by atoms with E-state index in [0.29, 0.717) is 12.5 Å². The Labute approximate surface area is 123 Å². The first-order valence-corrected chi connectivity index (χ1v) is 7.18. The van der Waals surface area contributed by atoms with Gasteiger partial charge in [-0.2, -0.15) is 0 Å². The Bertz CT molecular complexity index is 632. The zero-order valence-electron chi connectivity index (χ0n) is 11.7. The van der Waals surface area contributed by atoms with E-state index >= 15 is 0 Å². The Kier molecular flexibility index (Phi) is 3.96. The van der Waals surface area contributed by atoms with Crippen molar-refractivity contribution in [3.8, 4) is 0 Å². The minimum Gasteiger partial charge on any atom is -0.330 e. The van der Waals surface area contributed by atoms with Gasteiger partial charge in [-0.3, -0.25) is 10.1 Å². The van der Waals surface area contributed by atoms with Gasteiger partial charge in [0.05, 0.1) is 11.3 Å². The van der Waals surface area contributed by atoms with Crippen LogP contribution in [0, 0.1) is 10.1 Å². The van der Waals surface area contributed by atoms with Crippen molar-refractivity contribution in [3.05, 3.63) is 58.2 Å². The molecule has 1 N–H and O–H groups in total. The van der Waals surface area contributed by atoms with Crippen LogP contribution in [0.25, 0.3) is 0 Å². The van der Waals surface area contributed by atoms with Gasteiger partial charge in [0.2, 0.25) is 0 Å². The van der Waals surface area contributed by atoms with Gasteiger partial charge in [-0.25, -0.2) is 4.98 Å². The van der Waals surface area contributed by atoms with Crippen molar-refractivity contribution in [2.75, 3.05) is 13.1 Å². The maximum absolute atomic E-state index is 10.8. The van der Waals surface area contributed by atoms with Crippen LogP contribution in [0.5, 0.6) is 0 Å². The molecule has 1 aliphatic rings. The molecule has 2 heterocycles. The molecule has 1 atom stereocenters. The van der Waals surface area contributed by atoms with Gasteiger partial charge in [-0.15, -0.1) is 0 Å². The average molecular weight is 286 g/mol. The van der Waals surface area contributed by atoms with Gasteiger partial charge in [-0.1, -0.05) is 12.1 Å². The first-order valence-electron chi connectivity index (χ1n) is 7.18. The lowest BCUT2D eigenvalue weighted by molar-refractivity contribution is -0.384. The summed E-state index contributed by atoms with van der Waals surface area (Å²) in [7, 11) is 0. The minimum atomic E-state index is -0.358. The standard InChI is InChI=1S/C15H18N4O2/c20-19(21)14-5-1-3-12(7-14)10-18-11-17-9-15(18)13-4-2-6-16-8-13/h1,3,5,7,9,11,13,16H,2,4,6,8,10H2. The topological polar surface area (TPSA) is 73.0 Å². The fourth-order valence-corrected chi connectivity index (χ4v) is 2.87. The number of non-ortho nitro benzene ring substituents is 1. The summed E-state index contributed by atoms with van der Waals surface area (Å²) < 4.78 is 2.09. The molecule has 110 valence electrons. The summed E-state index contributed by atoms with van der Waals surface area (Å²) in [6, 6.07) is 6.79. The Morgan fingerprint density at radius 3 is 3.14 bits per heavy atom. The van der Waals surface area contributed by atoms with E-state index in [0.717, 1.165) is 25.1 Å². The van der Waals surface area contributed by atoms with Crippen molar-refractivity contribution in [1.82, 2.24) is 14.9 Å². The molecule has 0 spiro atoms. The molecule has 1 unspecified atom stereocenters. The van der Waals surface area contributed by atoms with Crippen LogP contribution in [0.15, 0.2) is 36.8 Å².